The number of rotatable bonds is 7. The molecule has 0 fully saturated rings. The van der Waals surface area contributed by atoms with Gasteiger partial charge in [0, 0.05) is 11.8 Å². The van der Waals surface area contributed by atoms with Gasteiger partial charge in [0.2, 0.25) is 0 Å². The third kappa shape index (κ3) is 6.02. The average Bonchev–Trinajstić information content (AvgIpc) is 2.24. The molecule has 0 aliphatic rings. The maximum Gasteiger partial charge on any atom is 0.323 e. The zero-order valence-corrected chi connectivity index (χ0v) is 12.0. The topological polar surface area (TPSA) is 72.5 Å². The first-order chi connectivity index (χ1) is 7.73. The molecule has 0 aliphatic carbocycles. The van der Waals surface area contributed by atoms with E-state index in [4.69, 9.17) is 0 Å². The molecule has 0 saturated carbocycles. The minimum Gasteiger partial charge on any atom is -0.468 e. The van der Waals surface area contributed by atoms with E-state index in [1.165, 1.54) is 7.11 Å². The smallest absolute Gasteiger partial charge is 0.323 e. The predicted molar refractivity (Wildman–Crippen MR) is 67.6 cm³/mol. The number of methoxy groups -OCH3 is 1. The number of carbonyl (C=O) groups is 1. The van der Waals surface area contributed by atoms with Crippen molar-refractivity contribution in [2.45, 2.75) is 39.8 Å². The molecule has 0 spiro atoms. The highest BCUT2D eigenvalue weighted by Crippen LogP contribution is 2.06. The lowest BCUT2D eigenvalue weighted by molar-refractivity contribution is -0.144. The van der Waals surface area contributed by atoms with Crippen LogP contribution in [-0.2, 0) is 19.4 Å². The second-order valence-electron chi connectivity index (χ2n) is 4.51. The number of hydrogen-bond donors (Lipinski definition) is 1. The van der Waals surface area contributed by atoms with Crippen molar-refractivity contribution in [1.29, 1.82) is 0 Å². The standard InChI is InChI=1S/C11H23NO4S/c1-6-17(14,15)7-9(4)12-10(8(2)3)11(13)16-5/h8-10,12H,6-7H2,1-5H3. The van der Waals surface area contributed by atoms with Crippen molar-refractivity contribution < 1.29 is 17.9 Å². The van der Waals surface area contributed by atoms with Gasteiger partial charge in [-0.15, -0.1) is 0 Å². The maximum absolute atomic E-state index is 11.5. The van der Waals surface area contributed by atoms with E-state index in [9.17, 15) is 13.2 Å². The molecule has 0 heterocycles. The Morgan fingerprint density at radius 1 is 1.29 bits per heavy atom. The number of sulfone groups is 1. The van der Waals surface area contributed by atoms with Crippen LogP contribution in [0, 0.1) is 5.92 Å². The summed E-state index contributed by atoms with van der Waals surface area (Å²) in [7, 11) is -1.71. The van der Waals surface area contributed by atoms with Gasteiger partial charge in [-0.2, -0.15) is 0 Å². The number of ether oxygens (including phenoxy) is 1. The first kappa shape index (κ1) is 16.4. The second-order valence-corrected chi connectivity index (χ2v) is 6.91. The summed E-state index contributed by atoms with van der Waals surface area (Å²) in [6.07, 6.45) is 0. The Bertz CT molecular complexity index is 337. The largest absolute Gasteiger partial charge is 0.468 e. The zero-order valence-electron chi connectivity index (χ0n) is 11.2. The molecule has 0 rings (SSSR count). The monoisotopic (exact) mass is 265 g/mol. The molecule has 0 bridgehead atoms. The zero-order chi connectivity index (χ0) is 13.6. The van der Waals surface area contributed by atoms with E-state index in [1.54, 1.807) is 13.8 Å². The van der Waals surface area contributed by atoms with Crippen molar-refractivity contribution in [2.75, 3.05) is 18.6 Å². The first-order valence-corrected chi connectivity index (χ1v) is 7.60. The molecule has 0 aromatic carbocycles. The van der Waals surface area contributed by atoms with Crippen LogP contribution in [0.1, 0.15) is 27.7 Å². The fraction of sp³-hybridized carbons (Fsp3) is 0.909. The summed E-state index contributed by atoms with van der Waals surface area (Å²) in [5, 5.41) is 3.00. The van der Waals surface area contributed by atoms with E-state index in [2.05, 4.69) is 10.1 Å². The quantitative estimate of drug-likeness (QED) is 0.682. The Kier molecular flexibility index (Phi) is 6.70. The van der Waals surface area contributed by atoms with Gasteiger partial charge in [0.15, 0.2) is 9.84 Å². The summed E-state index contributed by atoms with van der Waals surface area (Å²) in [4.78, 5) is 11.5. The van der Waals surface area contributed by atoms with Gasteiger partial charge in [0.1, 0.15) is 6.04 Å². The van der Waals surface area contributed by atoms with E-state index < -0.39 is 15.9 Å². The summed E-state index contributed by atoms with van der Waals surface area (Å²) < 4.78 is 27.6. The minimum absolute atomic E-state index is 0.0315. The van der Waals surface area contributed by atoms with Crippen molar-refractivity contribution in [3.63, 3.8) is 0 Å². The fourth-order valence-electron chi connectivity index (χ4n) is 1.51. The van der Waals surface area contributed by atoms with E-state index in [0.29, 0.717) is 0 Å². The van der Waals surface area contributed by atoms with Crippen LogP contribution in [0.2, 0.25) is 0 Å². The van der Waals surface area contributed by atoms with Crippen molar-refractivity contribution in [3.8, 4) is 0 Å². The van der Waals surface area contributed by atoms with Crippen molar-refractivity contribution in [2.24, 2.45) is 5.92 Å². The normalized spacial score (nSPS) is 15.6. The number of esters is 1. The van der Waals surface area contributed by atoms with Gasteiger partial charge < -0.3 is 10.1 Å². The Balaban J connectivity index is 4.52. The Morgan fingerprint density at radius 2 is 1.82 bits per heavy atom. The molecular formula is C11H23NO4S. The molecular weight excluding hydrogens is 242 g/mol. The van der Waals surface area contributed by atoms with Crippen LogP contribution in [0.15, 0.2) is 0 Å². The predicted octanol–water partition coefficient (Wildman–Crippen LogP) is 0.597. The van der Waals surface area contributed by atoms with Gasteiger partial charge in [-0.25, -0.2) is 8.42 Å². The molecule has 1 N–H and O–H groups in total. The molecule has 17 heavy (non-hydrogen) atoms. The number of hydrogen-bond acceptors (Lipinski definition) is 5. The Labute approximate surface area is 104 Å². The van der Waals surface area contributed by atoms with Crippen LogP contribution < -0.4 is 5.32 Å². The third-order valence-electron chi connectivity index (χ3n) is 2.53. The Morgan fingerprint density at radius 3 is 2.18 bits per heavy atom. The first-order valence-electron chi connectivity index (χ1n) is 5.77. The molecule has 102 valence electrons. The second kappa shape index (κ2) is 6.96. The fourth-order valence-corrected chi connectivity index (χ4v) is 2.61. The molecule has 0 aromatic rings. The minimum atomic E-state index is -3.04. The van der Waals surface area contributed by atoms with Crippen LogP contribution in [-0.4, -0.2) is 45.1 Å². The lowest BCUT2D eigenvalue weighted by atomic mass is 10.0. The maximum atomic E-state index is 11.5. The molecule has 5 nitrogen and oxygen atoms in total. The number of nitrogens with one attached hydrogen (secondary N) is 1. The molecule has 0 aliphatic heterocycles. The van der Waals surface area contributed by atoms with E-state index in [1.807, 2.05) is 13.8 Å². The molecule has 6 heteroatoms. The Hall–Kier alpha value is -0.620. The van der Waals surface area contributed by atoms with Crippen LogP contribution >= 0.6 is 0 Å². The molecule has 0 saturated heterocycles. The van der Waals surface area contributed by atoms with Gasteiger partial charge >= 0.3 is 5.97 Å². The highest BCUT2D eigenvalue weighted by Gasteiger charge is 2.25. The molecule has 0 radical (unpaired) electrons. The molecule has 2 atom stereocenters. The lowest BCUT2D eigenvalue weighted by Crippen LogP contribution is -2.48. The van der Waals surface area contributed by atoms with Crippen LogP contribution in [0.5, 0.6) is 0 Å². The van der Waals surface area contributed by atoms with E-state index in [-0.39, 0.29) is 29.4 Å². The lowest BCUT2D eigenvalue weighted by Gasteiger charge is -2.24. The van der Waals surface area contributed by atoms with Crippen LogP contribution in [0.3, 0.4) is 0 Å². The van der Waals surface area contributed by atoms with Gasteiger partial charge in [0.05, 0.1) is 12.9 Å². The summed E-state index contributed by atoms with van der Waals surface area (Å²) in [5.41, 5.74) is 0. The molecule has 2 unspecified atom stereocenters. The van der Waals surface area contributed by atoms with Gasteiger partial charge in [0.25, 0.3) is 0 Å². The summed E-state index contributed by atoms with van der Waals surface area (Å²) >= 11 is 0. The van der Waals surface area contributed by atoms with Gasteiger partial charge in [-0.3, -0.25) is 4.79 Å². The summed E-state index contributed by atoms with van der Waals surface area (Å²) in [6, 6.07) is -0.742. The van der Waals surface area contributed by atoms with E-state index >= 15 is 0 Å². The average molecular weight is 265 g/mol. The SMILES string of the molecule is CCS(=O)(=O)CC(C)NC(C(=O)OC)C(C)C. The highest BCUT2D eigenvalue weighted by molar-refractivity contribution is 7.91. The number of carbonyl (C=O) groups excluding carboxylic acids is 1. The van der Waals surface area contributed by atoms with Crippen molar-refractivity contribution in [1.82, 2.24) is 5.32 Å². The molecule has 0 amide bonds. The highest BCUT2D eigenvalue weighted by atomic mass is 32.2. The van der Waals surface area contributed by atoms with Crippen molar-refractivity contribution >= 4 is 15.8 Å². The van der Waals surface area contributed by atoms with Crippen LogP contribution in [0.4, 0.5) is 0 Å². The third-order valence-corrected chi connectivity index (χ3v) is 4.42. The van der Waals surface area contributed by atoms with E-state index in [0.717, 1.165) is 0 Å². The summed E-state index contributed by atoms with van der Waals surface area (Å²) in [6.45, 7) is 7.14. The molecule has 0 aromatic heterocycles. The van der Waals surface area contributed by atoms with Gasteiger partial charge in [-0.1, -0.05) is 20.8 Å². The van der Waals surface area contributed by atoms with Crippen LogP contribution in [0.25, 0.3) is 0 Å². The van der Waals surface area contributed by atoms with Gasteiger partial charge in [-0.05, 0) is 12.8 Å². The summed E-state index contributed by atoms with van der Waals surface area (Å²) in [5.74, 6) is -0.164. The van der Waals surface area contributed by atoms with Crippen molar-refractivity contribution in [3.05, 3.63) is 0 Å².